The number of carbonyl (C=O) groups excluding carboxylic acids is 1. The maximum absolute atomic E-state index is 11.2. The van der Waals surface area contributed by atoms with Crippen molar-refractivity contribution in [3.63, 3.8) is 0 Å². The number of ether oxygens (including phenoxy) is 1. The van der Waals surface area contributed by atoms with Crippen LogP contribution in [0.4, 0.5) is 5.69 Å². The van der Waals surface area contributed by atoms with Crippen molar-refractivity contribution in [3.05, 3.63) is 24.3 Å². The van der Waals surface area contributed by atoms with Crippen LogP contribution in [0.1, 0.15) is 0 Å². The Kier molecular flexibility index (Phi) is 2.32. The molecule has 0 bridgehead atoms. The Morgan fingerprint density at radius 1 is 1.36 bits per heavy atom. The van der Waals surface area contributed by atoms with Gasteiger partial charge in [-0.25, -0.2) is 4.79 Å². The molecule has 0 saturated carbocycles. The van der Waals surface area contributed by atoms with E-state index in [9.17, 15) is 4.79 Å². The Bertz CT molecular complexity index is 355. The second kappa shape index (κ2) is 3.63. The van der Waals surface area contributed by atoms with Gasteiger partial charge in [-0.15, -0.1) is 0 Å². The topological polar surface area (TPSA) is 50.4 Å². The molecule has 14 heavy (non-hydrogen) atoms. The second-order valence-electron chi connectivity index (χ2n) is 2.78. The van der Waals surface area contributed by atoms with Crippen molar-refractivity contribution in [2.45, 2.75) is 0 Å². The number of carbonyl (C=O) groups is 1. The number of rotatable bonds is 0. The van der Waals surface area contributed by atoms with Gasteiger partial charge in [0.05, 0.1) is 5.69 Å². The molecule has 4 nitrogen and oxygen atoms in total. The fourth-order valence-electron chi connectivity index (χ4n) is 1.14. The molecule has 1 aliphatic rings. The molecule has 1 aromatic carbocycles. The highest BCUT2D eigenvalue weighted by Gasteiger charge is 2.13. The third kappa shape index (κ3) is 1.82. The fraction of sp³-hybridized carbons (Fsp3) is 0.111. The summed E-state index contributed by atoms with van der Waals surface area (Å²) in [5.74, 6) is 0.155. The molecule has 0 fully saturated rings. The Balaban J connectivity index is 2.37. The lowest BCUT2D eigenvalue weighted by Gasteiger charge is -2.16. The lowest BCUT2D eigenvalue weighted by molar-refractivity contribution is -0.133. The Hall–Kier alpha value is -1.62. The number of thiocarbonyl (C=S) groups is 1. The van der Waals surface area contributed by atoms with Gasteiger partial charge in [0.1, 0.15) is 6.54 Å². The molecule has 0 saturated heterocycles. The highest BCUT2D eigenvalue weighted by atomic mass is 32.1. The lowest BCUT2D eigenvalue weighted by Crippen LogP contribution is -2.37. The summed E-state index contributed by atoms with van der Waals surface area (Å²) in [4.78, 5) is 11.2. The molecule has 1 heterocycles. The zero-order valence-corrected chi connectivity index (χ0v) is 8.06. The minimum absolute atomic E-state index is 0.0835. The Labute approximate surface area is 86.3 Å². The SMILES string of the molecule is O=C1CNC(=S)Nc2ccccc2O1. The van der Waals surface area contributed by atoms with E-state index in [1.807, 2.05) is 6.07 Å². The molecule has 0 aromatic heterocycles. The molecule has 0 radical (unpaired) electrons. The monoisotopic (exact) mass is 208 g/mol. The molecule has 0 spiro atoms. The van der Waals surface area contributed by atoms with Gasteiger partial charge in [-0.1, -0.05) is 12.1 Å². The maximum Gasteiger partial charge on any atom is 0.330 e. The number of hydrogen-bond donors (Lipinski definition) is 2. The first kappa shape index (κ1) is 8.96. The van der Waals surface area contributed by atoms with E-state index in [1.54, 1.807) is 18.2 Å². The first-order chi connectivity index (χ1) is 6.75. The summed E-state index contributed by atoms with van der Waals surface area (Å²) in [6, 6.07) is 7.14. The van der Waals surface area contributed by atoms with Crippen LogP contribution in [-0.2, 0) is 4.79 Å². The van der Waals surface area contributed by atoms with Crippen LogP contribution in [0, 0.1) is 0 Å². The maximum atomic E-state index is 11.2. The van der Waals surface area contributed by atoms with E-state index >= 15 is 0 Å². The van der Waals surface area contributed by atoms with Crippen LogP contribution in [0.15, 0.2) is 24.3 Å². The first-order valence-electron chi connectivity index (χ1n) is 4.10. The summed E-state index contributed by atoms with van der Waals surface area (Å²) in [5, 5.41) is 6.07. The molecule has 0 aliphatic carbocycles. The van der Waals surface area contributed by atoms with Gasteiger partial charge in [0.15, 0.2) is 10.9 Å². The normalized spacial score (nSPS) is 15.4. The molecule has 0 amide bonds. The van der Waals surface area contributed by atoms with E-state index < -0.39 is 0 Å². The number of esters is 1. The summed E-state index contributed by atoms with van der Waals surface area (Å²) in [6.07, 6.45) is 0. The number of anilines is 1. The van der Waals surface area contributed by atoms with E-state index in [1.165, 1.54) is 0 Å². The van der Waals surface area contributed by atoms with E-state index in [0.29, 0.717) is 16.5 Å². The van der Waals surface area contributed by atoms with E-state index in [4.69, 9.17) is 17.0 Å². The van der Waals surface area contributed by atoms with Crippen LogP contribution in [0.2, 0.25) is 0 Å². The van der Waals surface area contributed by atoms with Crippen molar-refractivity contribution in [1.29, 1.82) is 0 Å². The molecule has 2 rings (SSSR count). The average molecular weight is 208 g/mol. The molecular formula is C9H8N2O2S. The highest BCUT2D eigenvalue weighted by Crippen LogP contribution is 2.24. The van der Waals surface area contributed by atoms with Gasteiger partial charge in [0.2, 0.25) is 0 Å². The van der Waals surface area contributed by atoms with Gasteiger partial charge >= 0.3 is 5.97 Å². The smallest absolute Gasteiger partial charge is 0.330 e. The zero-order chi connectivity index (χ0) is 9.97. The van der Waals surface area contributed by atoms with Crippen LogP contribution < -0.4 is 15.4 Å². The van der Waals surface area contributed by atoms with Gasteiger partial charge in [-0.2, -0.15) is 0 Å². The summed E-state index contributed by atoms with van der Waals surface area (Å²) < 4.78 is 5.06. The second-order valence-corrected chi connectivity index (χ2v) is 3.19. The number of hydrogen-bond acceptors (Lipinski definition) is 3. The Morgan fingerprint density at radius 2 is 2.14 bits per heavy atom. The van der Waals surface area contributed by atoms with Gasteiger partial charge in [0.25, 0.3) is 0 Å². The molecule has 1 aromatic rings. The minimum Gasteiger partial charge on any atom is -0.423 e. The standard InChI is InChI=1S/C9H8N2O2S/c12-8-5-10-9(14)11-6-3-1-2-4-7(6)13-8/h1-4H,5H2,(H2,10,11,14). The highest BCUT2D eigenvalue weighted by molar-refractivity contribution is 7.80. The van der Waals surface area contributed by atoms with Crippen LogP contribution in [0.5, 0.6) is 5.75 Å². The molecule has 0 atom stereocenters. The molecule has 0 unspecified atom stereocenters. The van der Waals surface area contributed by atoms with Crippen LogP contribution in [0.25, 0.3) is 0 Å². The lowest BCUT2D eigenvalue weighted by atomic mass is 10.3. The summed E-state index contributed by atoms with van der Waals surface area (Å²) in [7, 11) is 0. The molecule has 1 aliphatic heterocycles. The van der Waals surface area contributed by atoms with Crippen molar-refractivity contribution in [1.82, 2.24) is 5.32 Å². The minimum atomic E-state index is -0.346. The van der Waals surface area contributed by atoms with E-state index in [-0.39, 0.29) is 12.5 Å². The van der Waals surface area contributed by atoms with Crippen LogP contribution in [0.3, 0.4) is 0 Å². The quantitative estimate of drug-likeness (QED) is 0.377. The van der Waals surface area contributed by atoms with Gasteiger partial charge in [-0.3, -0.25) is 0 Å². The number of nitrogens with one attached hydrogen (secondary N) is 2. The summed E-state index contributed by atoms with van der Waals surface area (Å²) >= 11 is 4.95. The summed E-state index contributed by atoms with van der Waals surface area (Å²) in [5.41, 5.74) is 0.693. The Morgan fingerprint density at radius 3 is 3.00 bits per heavy atom. The molecule has 72 valence electrons. The van der Waals surface area contributed by atoms with Crippen molar-refractivity contribution in [2.75, 3.05) is 11.9 Å². The van der Waals surface area contributed by atoms with Gasteiger partial charge in [0, 0.05) is 0 Å². The summed E-state index contributed by atoms with van der Waals surface area (Å²) in [6.45, 7) is 0.0835. The first-order valence-corrected chi connectivity index (χ1v) is 4.51. The fourth-order valence-corrected chi connectivity index (χ4v) is 1.32. The molecular weight excluding hydrogens is 200 g/mol. The predicted molar refractivity (Wildman–Crippen MR) is 56.3 cm³/mol. The molecule has 5 heteroatoms. The third-order valence-electron chi connectivity index (χ3n) is 1.75. The van der Waals surface area contributed by atoms with Crippen molar-refractivity contribution in [3.8, 4) is 5.75 Å². The number of benzene rings is 1. The van der Waals surface area contributed by atoms with Crippen molar-refractivity contribution < 1.29 is 9.53 Å². The van der Waals surface area contributed by atoms with Gasteiger partial charge < -0.3 is 15.4 Å². The van der Waals surface area contributed by atoms with Crippen molar-refractivity contribution in [2.24, 2.45) is 0 Å². The van der Waals surface area contributed by atoms with E-state index in [0.717, 1.165) is 0 Å². The molecule has 2 N–H and O–H groups in total. The number of fused-ring (bicyclic) bond motifs is 1. The van der Waals surface area contributed by atoms with Crippen LogP contribution in [-0.4, -0.2) is 17.6 Å². The van der Waals surface area contributed by atoms with Gasteiger partial charge in [-0.05, 0) is 24.4 Å². The third-order valence-corrected chi connectivity index (χ3v) is 2.00. The predicted octanol–water partition coefficient (Wildman–Crippen LogP) is 0.892. The zero-order valence-electron chi connectivity index (χ0n) is 7.24. The largest absolute Gasteiger partial charge is 0.423 e. The average Bonchev–Trinajstić information content (AvgIpc) is 2.16. The van der Waals surface area contributed by atoms with Crippen molar-refractivity contribution >= 4 is 29.0 Å². The van der Waals surface area contributed by atoms with Crippen LogP contribution >= 0.6 is 12.2 Å². The number of para-hydroxylation sites is 2. The van der Waals surface area contributed by atoms with E-state index in [2.05, 4.69) is 10.6 Å².